The van der Waals surface area contributed by atoms with E-state index in [0.29, 0.717) is 13.0 Å². The first-order valence-corrected chi connectivity index (χ1v) is 3.61. The zero-order valence-electron chi connectivity index (χ0n) is 6.63. The summed E-state index contributed by atoms with van der Waals surface area (Å²) in [5, 5.41) is 13.4. The number of amides is 2. The van der Waals surface area contributed by atoms with E-state index in [4.69, 9.17) is 10.8 Å². The van der Waals surface area contributed by atoms with E-state index in [2.05, 4.69) is 10.6 Å². The number of carbonyl (C=O) groups excluding carboxylic acids is 1. The molecular formula is C6H15N3O2. The molecule has 0 bridgehead atoms. The van der Waals surface area contributed by atoms with Crippen LogP contribution in [0.15, 0.2) is 0 Å². The van der Waals surface area contributed by atoms with Crippen molar-refractivity contribution in [1.82, 2.24) is 10.6 Å². The molecule has 1 atom stereocenters. The van der Waals surface area contributed by atoms with E-state index in [-0.39, 0.29) is 12.6 Å². The molecular weight excluding hydrogens is 146 g/mol. The van der Waals surface area contributed by atoms with E-state index < -0.39 is 6.17 Å². The van der Waals surface area contributed by atoms with Crippen LogP contribution in [-0.2, 0) is 0 Å². The zero-order chi connectivity index (χ0) is 8.69. The van der Waals surface area contributed by atoms with E-state index in [1.807, 2.05) is 6.92 Å². The molecule has 66 valence electrons. The molecule has 5 heteroatoms. The van der Waals surface area contributed by atoms with Crippen LogP contribution in [-0.4, -0.2) is 30.5 Å². The first kappa shape index (κ1) is 10.2. The third-order valence-electron chi connectivity index (χ3n) is 1.09. The summed E-state index contributed by atoms with van der Waals surface area (Å²) in [7, 11) is 0. The second-order valence-electron chi connectivity index (χ2n) is 2.12. The van der Waals surface area contributed by atoms with Crippen LogP contribution in [0.1, 0.15) is 13.3 Å². The van der Waals surface area contributed by atoms with Crippen LogP contribution >= 0.6 is 0 Å². The fourth-order valence-electron chi connectivity index (χ4n) is 0.591. The number of aliphatic hydroxyl groups excluding tert-OH is 1. The maximum atomic E-state index is 10.7. The van der Waals surface area contributed by atoms with Gasteiger partial charge >= 0.3 is 6.03 Å². The van der Waals surface area contributed by atoms with Crippen molar-refractivity contribution in [1.29, 1.82) is 0 Å². The van der Waals surface area contributed by atoms with Crippen molar-refractivity contribution < 1.29 is 9.90 Å². The average Bonchev–Trinajstić information content (AvgIpc) is 1.87. The Bertz CT molecular complexity index is 118. The van der Waals surface area contributed by atoms with Crippen molar-refractivity contribution in [3.8, 4) is 0 Å². The largest absolute Gasteiger partial charge is 0.396 e. The van der Waals surface area contributed by atoms with Gasteiger partial charge in [0, 0.05) is 19.6 Å². The van der Waals surface area contributed by atoms with Crippen LogP contribution in [0.5, 0.6) is 0 Å². The standard InChI is InChI=1S/C6H15N3O2/c1-2-8-6(11)9-5(7)3-4-10/h5,10H,2-4,7H2,1H3,(H2,8,9,11). The second kappa shape index (κ2) is 5.94. The minimum absolute atomic E-state index is 0.0203. The molecule has 0 aromatic rings. The summed E-state index contributed by atoms with van der Waals surface area (Å²) in [5.41, 5.74) is 5.38. The summed E-state index contributed by atoms with van der Waals surface area (Å²) in [6, 6.07) is -0.298. The molecule has 0 radical (unpaired) electrons. The van der Waals surface area contributed by atoms with Crippen molar-refractivity contribution in [3.05, 3.63) is 0 Å². The second-order valence-corrected chi connectivity index (χ2v) is 2.12. The van der Waals surface area contributed by atoms with Crippen molar-refractivity contribution >= 4 is 6.03 Å². The Morgan fingerprint density at radius 1 is 1.73 bits per heavy atom. The zero-order valence-corrected chi connectivity index (χ0v) is 6.63. The van der Waals surface area contributed by atoms with Crippen LogP contribution in [0.2, 0.25) is 0 Å². The number of hydrogen-bond acceptors (Lipinski definition) is 3. The summed E-state index contributed by atoms with van der Waals surface area (Å²) < 4.78 is 0. The predicted molar refractivity (Wildman–Crippen MR) is 41.9 cm³/mol. The fourth-order valence-corrected chi connectivity index (χ4v) is 0.591. The molecule has 0 fully saturated rings. The Morgan fingerprint density at radius 3 is 2.82 bits per heavy atom. The lowest BCUT2D eigenvalue weighted by Crippen LogP contribution is -2.46. The van der Waals surface area contributed by atoms with Gasteiger partial charge in [-0.2, -0.15) is 0 Å². The number of hydrogen-bond donors (Lipinski definition) is 4. The fraction of sp³-hybridized carbons (Fsp3) is 0.833. The van der Waals surface area contributed by atoms with Gasteiger partial charge in [-0.1, -0.05) is 0 Å². The molecule has 0 aromatic heterocycles. The maximum absolute atomic E-state index is 10.7. The highest BCUT2D eigenvalue weighted by Crippen LogP contribution is 1.79. The van der Waals surface area contributed by atoms with Gasteiger partial charge in [0.25, 0.3) is 0 Å². The molecule has 0 aliphatic heterocycles. The lowest BCUT2D eigenvalue weighted by molar-refractivity contribution is 0.230. The molecule has 0 aliphatic carbocycles. The van der Waals surface area contributed by atoms with E-state index >= 15 is 0 Å². The summed E-state index contributed by atoms with van der Waals surface area (Å²) in [4.78, 5) is 10.7. The molecule has 0 spiro atoms. The highest BCUT2D eigenvalue weighted by molar-refractivity contribution is 5.73. The third kappa shape index (κ3) is 5.63. The van der Waals surface area contributed by atoms with Crippen molar-refractivity contribution in [2.75, 3.05) is 13.2 Å². The number of urea groups is 1. The SMILES string of the molecule is CCNC(=O)NC(N)CCO. The molecule has 5 nitrogen and oxygen atoms in total. The van der Waals surface area contributed by atoms with Gasteiger partial charge in [0.2, 0.25) is 0 Å². The van der Waals surface area contributed by atoms with Gasteiger partial charge in [-0.25, -0.2) is 4.79 Å². The van der Waals surface area contributed by atoms with Crippen LogP contribution < -0.4 is 16.4 Å². The van der Waals surface area contributed by atoms with E-state index in [9.17, 15) is 4.79 Å². The quantitative estimate of drug-likeness (QED) is 0.398. The van der Waals surface area contributed by atoms with E-state index in [1.165, 1.54) is 0 Å². The summed E-state index contributed by atoms with van der Waals surface area (Å²) in [6.07, 6.45) is -0.0940. The van der Waals surface area contributed by atoms with Crippen molar-refractivity contribution in [2.24, 2.45) is 5.73 Å². The molecule has 11 heavy (non-hydrogen) atoms. The normalized spacial score (nSPS) is 12.3. The Morgan fingerprint density at radius 2 is 2.36 bits per heavy atom. The molecule has 0 aromatic carbocycles. The Labute approximate surface area is 66.0 Å². The summed E-state index contributed by atoms with van der Waals surface area (Å²) >= 11 is 0. The molecule has 0 heterocycles. The number of nitrogens with two attached hydrogens (primary N) is 1. The average molecular weight is 161 g/mol. The van der Waals surface area contributed by atoms with E-state index in [0.717, 1.165) is 0 Å². The van der Waals surface area contributed by atoms with Gasteiger partial charge in [0.05, 0.1) is 6.17 Å². The lowest BCUT2D eigenvalue weighted by Gasteiger charge is -2.11. The lowest BCUT2D eigenvalue weighted by atomic mass is 10.4. The van der Waals surface area contributed by atoms with Gasteiger partial charge in [0.15, 0.2) is 0 Å². The Hall–Kier alpha value is -0.810. The summed E-state index contributed by atoms with van der Waals surface area (Å²) in [5.74, 6) is 0. The van der Waals surface area contributed by atoms with Gasteiger partial charge in [0.1, 0.15) is 0 Å². The summed E-state index contributed by atoms with van der Waals surface area (Å²) in [6.45, 7) is 2.36. The molecule has 2 amide bonds. The molecule has 1 unspecified atom stereocenters. The van der Waals surface area contributed by atoms with Crippen molar-refractivity contribution in [3.63, 3.8) is 0 Å². The predicted octanol–water partition coefficient (Wildman–Crippen LogP) is -1.03. The monoisotopic (exact) mass is 161 g/mol. The number of rotatable bonds is 4. The molecule has 0 saturated heterocycles. The van der Waals surface area contributed by atoms with Crippen LogP contribution in [0.3, 0.4) is 0 Å². The minimum Gasteiger partial charge on any atom is -0.396 e. The number of nitrogens with one attached hydrogen (secondary N) is 2. The van der Waals surface area contributed by atoms with E-state index in [1.54, 1.807) is 0 Å². The van der Waals surface area contributed by atoms with Crippen molar-refractivity contribution in [2.45, 2.75) is 19.5 Å². The van der Waals surface area contributed by atoms with Crippen LogP contribution in [0.4, 0.5) is 4.79 Å². The molecule has 0 rings (SSSR count). The first-order chi connectivity index (χ1) is 5.20. The highest BCUT2D eigenvalue weighted by Gasteiger charge is 2.03. The maximum Gasteiger partial charge on any atom is 0.315 e. The number of aliphatic hydroxyl groups is 1. The van der Waals surface area contributed by atoms with Gasteiger partial charge in [-0.3, -0.25) is 0 Å². The van der Waals surface area contributed by atoms with Crippen LogP contribution in [0, 0.1) is 0 Å². The molecule has 0 aliphatic rings. The van der Waals surface area contributed by atoms with Gasteiger partial charge in [-0.05, 0) is 6.92 Å². The van der Waals surface area contributed by atoms with Crippen LogP contribution in [0.25, 0.3) is 0 Å². The van der Waals surface area contributed by atoms with Gasteiger partial charge < -0.3 is 21.5 Å². The number of carbonyl (C=O) groups is 1. The minimum atomic E-state index is -0.466. The third-order valence-corrected chi connectivity index (χ3v) is 1.09. The van der Waals surface area contributed by atoms with Gasteiger partial charge in [-0.15, -0.1) is 0 Å². The molecule has 5 N–H and O–H groups in total. The Kier molecular flexibility index (Phi) is 5.50. The smallest absolute Gasteiger partial charge is 0.315 e. The molecule has 0 saturated carbocycles. The topological polar surface area (TPSA) is 87.4 Å². The Balaban J connectivity index is 3.40. The first-order valence-electron chi connectivity index (χ1n) is 3.61. The highest BCUT2D eigenvalue weighted by atomic mass is 16.3.